The molecule has 1 aromatic heterocycles. The van der Waals surface area contributed by atoms with Crippen molar-refractivity contribution in [3.8, 4) is 0 Å². The minimum Gasteiger partial charge on any atom is -1.00 e. The van der Waals surface area contributed by atoms with Crippen molar-refractivity contribution in [2.45, 2.75) is 91.2 Å². The Morgan fingerprint density at radius 1 is 0.852 bits per heavy atom. The van der Waals surface area contributed by atoms with Crippen molar-refractivity contribution < 1.29 is 21.7 Å². The second-order valence-electron chi connectivity index (χ2n) is 7.46. The van der Waals surface area contributed by atoms with E-state index in [1.807, 2.05) is 0 Å². The summed E-state index contributed by atoms with van der Waals surface area (Å²) >= 11 is 0. The summed E-state index contributed by atoms with van der Waals surface area (Å²) in [4.78, 5) is 0. The summed E-state index contributed by atoms with van der Waals surface area (Å²) in [6.45, 7) is 6.04. The summed E-state index contributed by atoms with van der Waals surface area (Å²) in [5.41, 5.74) is 2.56. The van der Waals surface area contributed by atoms with Gasteiger partial charge in [0, 0.05) is 6.42 Å². The van der Waals surface area contributed by atoms with Gasteiger partial charge in [-0.25, -0.2) is 9.13 Å². The number of ether oxygens (including phenoxy) is 1. The zero-order valence-corrected chi connectivity index (χ0v) is 18.4. The van der Waals surface area contributed by atoms with Crippen LogP contribution in [0.15, 0.2) is 24.3 Å². The largest absolute Gasteiger partial charge is 1.00 e. The number of para-hydroxylation sites is 2. The van der Waals surface area contributed by atoms with Crippen molar-refractivity contribution in [1.29, 1.82) is 0 Å². The van der Waals surface area contributed by atoms with E-state index in [2.05, 4.69) is 54.3 Å². The van der Waals surface area contributed by atoms with Crippen LogP contribution in [0, 0.1) is 0 Å². The van der Waals surface area contributed by atoms with Gasteiger partial charge in [0.15, 0.2) is 17.8 Å². The van der Waals surface area contributed by atoms with E-state index in [0.717, 1.165) is 13.0 Å². The van der Waals surface area contributed by atoms with Crippen molar-refractivity contribution in [2.24, 2.45) is 7.05 Å². The molecule has 0 N–H and O–H groups in total. The third kappa shape index (κ3) is 7.46. The van der Waals surface area contributed by atoms with Gasteiger partial charge in [0.25, 0.3) is 5.82 Å². The molecule has 0 saturated heterocycles. The van der Waals surface area contributed by atoms with Crippen LogP contribution in [-0.2, 0) is 24.9 Å². The smallest absolute Gasteiger partial charge is 0.258 e. The van der Waals surface area contributed by atoms with Crippen LogP contribution in [0.4, 0.5) is 0 Å². The molecule has 0 aliphatic rings. The fourth-order valence-corrected chi connectivity index (χ4v) is 3.85. The highest BCUT2D eigenvalue weighted by Crippen LogP contribution is 2.15. The predicted molar refractivity (Wildman–Crippen MR) is 110 cm³/mol. The number of benzene rings is 1. The van der Waals surface area contributed by atoms with Gasteiger partial charge in [-0.1, -0.05) is 83.8 Å². The first-order valence-corrected chi connectivity index (χ1v) is 10.8. The Hall–Kier alpha value is -1.06. The summed E-state index contributed by atoms with van der Waals surface area (Å²) in [6.07, 6.45) is 14.7. The van der Waals surface area contributed by atoms with Crippen molar-refractivity contribution >= 4 is 11.0 Å². The van der Waals surface area contributed by atoms with Gasteiger partial charge in [0.1, 0.15) is 0 Å². The maximum atomic E-state index is 6.01. The van der Waals surface area contributed by atoms with E-state index in [0.29, 0.717) is 6.73 Å². The number of imidazole rings is 1. The number of hydrogen-bond acceptors (Lipinski definition) is 1. The average Bonchev–Trinajstić information content (AvgIpc) is 2.94. The Balaban J connectivity index is 0.00000364. The summed E-state index contributed by atoms with van der Waals surface area (Å²) in [7, 11) is 2.15. The first-order valence-electron chi connectivity index (χ1n) is 10.8. The molecule has 0 spiro atoms. The number of aromatic nitrogens is 2. The monoisotopic (exact) mass is 394 g/mol. The van der Waals surface area contributed by atoms with Crippen molar-refractivity contribution in [3.63, 3.8) is 0 Å². The molecule has 154 valence electrons. The van der Waals surface area contributed by atoms with Crippen LogP contribution < -0.4 is 17.0 Å². The van der Waals surface area contributed by atoms with Gasteiger partial charge in [-0.05, 0) is 18.6 Å². The van der Waals surface area contributed by atoms with Gasteiger partial charge >= 0.3 is 0 Å². The zero-order chi connectivity index (χ0) is 18.6. The van der Waals surface area contributed by atoms with Gasteiger partial charge in [-0.15, -0.1) is 0 Å². The highest BCUT2D eigenvalue weighted by atomic mass is 35.5. The molecule has 1 heterocycles. The maximum absolute atomic E-state index is 6.01. The first-order chi connectivity index (χ1) is 12.8. The number of nitrogens with zero attached hydrogens (tertiary/aromatic N) is 2. The molecule has 0 amide bonds. The van der Waals surface area contributed by atoms with Crippen molar-refractivity contribution in [1.82, 2.24) is 4.57 Å². The molecule has 0 fully saturated rings. The second kappa shape index (κ2) is 14.0. The van der Waals surface area contributed by atoms with Gasteiger partial charge < -0.3 is 17.1 Å². The molecule has 3 nitrogen and oxygen atoms in total. The van der Waals surface area contributed by atoms with Crippen LogP contribution in [0.25, 0.3) is 11.0 Å². The summed E-state index contributed by atoms with van der Waals surface area (Å²) in [6, 6.07) is 8.60. The molecule has 0 aliphatic heterocycles. The van der Waals surface area contributed by atoms with Gasteiger partial charge in [0.05, 0.1) is 13.7 Å². The molecule has 0 radical (unpaired) electrons. The Morgan fingerprint density at radius 2 is 1.44 bits per heavy atom. The molecule has 1 aromatic carbocycles. The van der Waals surface area contributed by atoms with E-state index >= 15 is 0 Å². The second-order valence-corrected chi connectivity index (χ2v) is 7.46. The molecule has 2 aromatic rings. The SMILES string of the molecule is CCCCCCCCCCCCOCn1c(CC)[n+](C)c2ccccc21.[Cl-]. The predicted octanol–water partition coefficient (Wildman–Crippen LogP) is 2.93. The molecule has 0 bridgehead atoms. The van der Waals surface area contributed by atoms with Crippen LogP contribution in [0.2, 0.25) is 0 Å². The Kier molecular flexibility index (Phi) is 12.4. The third-order valence-corrected chi connectivity index (χ3v) is 5.41. The molecule has 0 saturated carbocycles. The minimum atomic E-state index is 0. The van der Waals surface area contributed by atoms with Crippen LogP contribution in [0.3, 0.4) is 0 Å². The van der Waals surface area contributed by atoms with Crippen LogP contribution in [0.1, 0.15) is 83.9 Å². The number of hydrogen-bond donors (Lipinski definition) is 0. The van der Waals surface area contributed by atoms with Crippen LogP contribution in [-0.4, -0.2) is 11.2 Å². The molecule has 0 atom stereocenters. The highest BCUT2D eigenvalue weighted by molar-refractivity contribution is 5.72. The van der Waals surface area contributed by atoms with Gasteiger partial charge in [-0.2, -0.15) is 0 Å². The van der Waals surface area contributed by atoms with E-state index in [4.69, 9.17) is 4.74 Å². The molecule has 4 heteroatoms. The van der Waals surface area contributed by atoms with Crippen molar-refractivity contribution in [2.75, 3.05) is 6.61 Å². The zero-order valence-electron chi connectivity index (χ0n) is 17.7. The molecule has 0 unspecified atom stereocenters. The average molecular weight is 395 g/mol. The Labute approximate surface area is 172 Å². The lowest BCUT2D eigenvalue weighted by atomic mass is 10.1. The van der Waals surface area contributed by atoms with E-state index in [1.54, 1.807) is 0 Å². The fraction of sp³-hybridized carbons (Fsp3) is 0.696. The quantitative estimate of drug-likeness (QED) is 0.356. The number of rotatable bonds is 14. The Bertz CT molecular complexity index is 639. The third-order valence-electron chi connectivity index (χ3n) is 5.41. The summed E-state index contributed by atoms with van der Waals surface area (Å²) in [5.74, 6) is 1.33. The number of halogens is 1. The van der Waals surface area contributed by atoms with Crippen LogP contribution in [0.5, 0.6) is 0 Å². The Morgan fingerprint density at radius 3 is 2.07 bits per heavy atom. The maximum Gasteiger partial charge on any atom is 0.258 e. The molecule has 27 heavy (non-hydrogen) atoms. The number of unbranched alkanes of at least 4 members (excludes halogenated alkanes) is 9. The van der Waals surface area contributed by atoms with E-state index in [1.165, 1.54) is 81.1 Å². The number of fused-ring (bicyclic) bond motifs is 1. The molecular weight excluding hydrogens is 356 g/mol. The number of aryl methyl sites for hydroxylation is 1. The lowest BCUT2D eigenvalue weighted by Gasteiger charge is -2.05. The van der Waals surface area contributed by atoms with Crippen LogP contribution >= 0.6 is 0 Å². The van der Waals surface area contributed by atoms with E-state index in [9.17, 15) is 0 Å². The van der Waals surface area contributed by atoms with Gasteiger partial charge in [0.2, 0.25) is 0 Å². The van der Waals surface area contributed by atoms with E-state index in [-0.39, 0.29) is 12.4 Å². The lowest BCUT2D eigenvalue weighted by Crippen LogP contribution is -3.00. The lowest BCUT2D eigenvalue weighted by molar-refractivity contribution is -0.654. The summed E-state index contributed by atoms with van der Waals surface area (Å²) in [5, 5.41) is 0. The molecule has 0 aliphatic carbocycles. The van der Waals surface area contributed by atoms with Crippen molar-refractivity contribution in [3.05, 3.63) is 30.1 Å². The van der Waals surface area contributed by atoms with E-state index < -0.39 is 0 Å². The standard InChI is InChI=1S/C23H39N2O.ClH/c1-4-6-7-8-9-10-11-12-13-16-19-26-20-25-22-18-15-14-17-21(22)24(3)23(25)5-2;/h14-15,17-18H,4-13,16,19-20H2,1-3H3;1H/q+1;/p-1. The molecule has 2 rings (SSSR count). The fourth-order valence-electron chi connectivity index (χ4n) is 3.85. The topological polar surface area (TPSA) is 18.0 Å². The highest BCUT2D eigenvalue weighted by Gasteiger charge is 2.20. The minimum absolute atomic E-state index is 0. The first kappa shape index (κ1) is 24.0. The van der Waals surface area contributed by atoms with Gasteiger partial charge in [-0.3, -0.25) is 0 Å². The summed E-state index contributed by atoms with van der Waals surface area (Å²) < 4.78 is 10.6. The normalized spacial score (nSPS) is 11.1. The molecular formula is C23H39ClN2O.